The number of nitrogens with one attached hydrogen (secondary N) is 2. The molecular weight excluding hydrogens is 510 g/mol. The third kappa shape index (κ3) is 5.06. The molecule has 1 fully saturated rings. The Balaban J connectivity index is 1.75. The number of aliphatic hydroxyl groups is 1. The van der Waals surface area contributed by atoms with Crippen LogP contribution < -0.4 is 10.6 Å². The Kier molecular flexibility index (Phi) is 7.59. The van der Waals surface area contributed by atoms with E-state index in [0.717, 1.165) is 18.9 Å². The first-order valence-electron chi connectivity index (χ1n) is 9.71. The fraction of sp³-hybridized carbons (Fsp3) is 0.381. The van der Waals surface area contributed by atoms with Crippen LogP contribution in [-0.4, -0.2) is 35.5 Å². The van der Waals surface area contributed by atoms with Gasteiger partial charge in [0.2, 0.25) is 5.91 Å². The normalized spacial score (nSPS) is 15.5. The number of amides is 1. The van der Waals surface area contributed by atoms with Crippen molar-refractivity contribution in [3.63, 3.8) is 0 Å². The van der Waals surface area contributed by atoms with Crippen molar-refractivity contribution in [3.8, 4) is 0 Å². The van der Waals surface area contributed by atoms with E-state index in [4.69, 9.17) is 0 Å². The number of aliphatic hydroxyl groups excluding tert-OH is 1. The van der Waals surface area contributed by atoms with E-state index in [-0.39, 0.29) is 41.9 Å². The summed E-state index contributed by atoms with van der Waals surface area (Å²) in [6.45, 7) is 3.21. The van der Waals surface area contributed by atoms with Crippen LogP contribution in [0.2, 0.25) is 0 Å². The third-order valence-corrected chi connectivity index (χ3v) is 5.72. The van der Waals surface area contributed by atoms with Crippen LogP contribution in [0.4, 0.5) is 24.5 Å². The van der Waals surface area contributed by atoms with Crippen molar-refractivity contribution in [1.29, 1.82) is 0 Å². The molecule has 30 heavy (non-hydrogen) atoms. The lowest BCUT2D eigenvalue weighted by Gasteiger charge is -2.41. The van der Waals surface area contributed by atoms with Gasteiger partial charge in [-0.3, -0.25) is 9.69 Å². The zero-order valence-corrected chi connectivity index (χ0v) is 18.5. The van der Waals surface area contributed by atoms with Crippen molar-refractivity contribution >= 4 is 39.9 Å². The SMILES string of the molecule is CCCCNC(=O)C1CN(C(O)c2ccc(F)c(F)c2Nc2ccc(I)cc2F)C1. The molecule has 0 radical (unpaired) electrons. The predicted molar refractivity (Wildman–Crippen MR) is 117 cm³/mol. The van der Waals surface area contributed by atoms with Crippen molar-refractivity contribution in [2.45, 2.75) is 26.0 Å². The van der Waals surface area contributed by atoms with Crippen LogP contribution >= 0.6 is 22.6 Å². The highest BCUT2D eigenvalue weighted by atomic mass is 127. The maximum absolute atomic E-state index is 14.5. The summed E-state index contributed by atoms with van der Waals surface area (Å²) in [4.78, 5) is 13.7. The van der Waals surface area contributed by atoms with E-state index in [0.29, 0.717) is 10.1 Å². The molecule has 1 aliphatic rings. The quantitative estimate of drug-likeness (QED) is 0.350. The van der Waals surface area contributed by atoms with E-state index >= 15 is 0 Å². The fourth-order valence-corrected chi connectivity index (χ4v) is 3.69. The molecule has 1 amide bonds. The van der Waals surface area contributed by atoms with Gasteiger partial charge < -0.3 is 15.7 Å². The molecule has 2 aromatic carbocycles. The number of rotatable bonds is 8. The van der Waals surface area contributed by atoms with Gasteiger partial charge in [0.15, 0.2) is 11.6 Å². The molecule has 5 nitrogen and oxygen atoms in total. The lowest BCUT2D eigenvalue weighted by molar-refractivity contribution is -0.137. The number of likely N-dealkylation sites (tertiary alicyclic amines) is 1. The lowest BCUT2D eigenvalue weighted by atomic mass is 9.96. The highest BCUT2D eigenvalue weighted by Crippen LogP contribution is 2.35. The highest BCUT2D eigenvalue weighted by molar-refractivity contribution is 14.1. The molecule has 0 spiro atoms. The third-order valence-electron chi connectivity index (χ3n) is 5.05. The molecule has 1 saturated heterocycles. The van der Waals surface area contributed by atoms with Gasteiger partial charge >= 0.3 is 0 Å². The molecule has 0 saturated carbocycles. The molecular formula is C21H23F3IN3O2. The molecule has 0 bridgehead atoms. The number of hydrogen-bond acceptors (Lipinski definition) is 4. The summed E-state index contributed by atoms with van der Waals surface area (Å²) in [5.74, 6) is -3.31. The van der Waals surface area contributed by atoms with Gasteiger partial charge in [0.25, 0.3) is 0 Å². The Morgan fingerprint density at radius 1 is 1.23 bits per heavy atom. The zero-order chi connectivity index (χ0) is 21.8. The summed E-state index contributed by atoms with van der Waals surface area (Å²) in [5, 5.41) is 16.1. The number of carbonyl (C=O) groups excluding carboxylic acids is 1. The van der Waals surface area contributed by atoms with Crippen molar-refractivity contribution in [3.05, 3.63) is 56.9 Å². The van der Waals surface area contributed by atoms with Crippen LogP contribution in [-0.2, 0) is 4.79 Å². The van der Waals surface area contributed by atoms with Crippen LogP contribution in [0.3, 0.4) is 0 Å². The Morgan fingerprint density at radius 3 is 2.63 bits per heavy atom. The molecule has 1 atom stereocenters. The van der Waals surface area contributed by atoms with E-state index in [1.807, 2.05) is 29.5 Å². The average Bonchev–Trinajstić information content (AvgIpc) is 2.66. The molecule has 1 aliphatic heterocycles. The Hall–Kier alpha value is -1.85. The molecule has 1 unspecified atom stereocenters. The molecule has 3 N–H and O–H groups in total. The van der Waals surface area contributed by atoms with Crippen LogP contribution in [0.15, 0.2) is 30.3 Å². The molecule has 162 valence electrons. The molecule has 3 rings (SSSR count). The molecule has 1 heterocycles. The van der Waals surface area contributed by atoms with Gasteiger partial charge in [0.05, 0.1) is 17.3 Å². The van der Waals surface area contributed by atoms with Crippen molar-refractivity contribution in [1.82, 2.24) is 10.2 Å². The first-order chi connectivity index (χ1) is 14.3. The minimum atomic E-state index is -1.27. The summed E-state index contributed by atoms with van der Waals surface area (Å²) in [7, 11) is 0. The molecule has 0 aliphatic carbocycles. The second kappa shape index (κ2) is 9.97. The lowest BCUT2D eigenvalue weighted by Crippen LogP contribution is -2.54. The van der Waals surface area contributed by atoms with Crippen LogP contribution in [0.25, 0.3) is 0 Å². The van der Waals surface area contributed by atoms with Crippen molar-refractivity contribution < 1.29 is 23.1 Å². The topological polar surface area (TPSA) is 64.6 Å². The minimum Gasteiger partial charge on any atom is -0.374 e. The number of carbonyl (C=O) groups is 1. The molecule has 0 aromatic heterocycles. The zero-order valence-electron chi connectivity index (χ0n) is 16.4. The maximum Gasteiger partial charge on any atom is 0.225 e. The highest BCUT2D eigenvalue weighted by Gasteiger charge is 2.37. The summed E-state index contributed by atoms with van der Waals surface area (Å²) in [6.07, 6.45) is 0.598. The van der Waals surface area contributed by atoms with E-state index in [1.54, 1.807) is 11.0 Å². The fourth-order valence-electron chi connectivity index (χ4n) is 3.24. The number of hydrogen-bond donors (Lipinski definition) is 3. The largest absolute Gasteiger partial charge is 0.374 e. The Labute approximate surface area is 186 Å². The first kappa shape index (κ1) is 22.8. The maximum atomic E-state index is 14.5. The number of unbranched alkanes of at least 4 members (excludes halogenated alkanes) is 1. The Bertz CT molecular complexity index is 923. The van der Waals surface area contributed by atoms with Gasteiger partial charge in [0.1, 0.15) is 12.0 Å². The van der Waals surface area contributed by atoms with Gasteiger partial charge in [-0.1, -0.05) is 13.3 Å². The standard InChI is InChI=1S/C21H23F3IN3O2/c1-2-3-8-26-20(29)12-10-28(11-12)21(30)14-5-6-15(22)18(24)19(14)27-17-7-4-13(25)9-16(17)23/h4-7,9,12,21,27,30H,2-3,8,10-11H2,1H3,(H,26,29). The number of anilines is 2. The minimum absolute atomic E-state index is 0.0369. The van der Waals surface area contributed by atoms with Gasteiger partial charge in [-0.15, -0.1) is 0 Å². The van der Waals surface area contributed by atoms with E-state index in [9.17, 15) is 23.1 Å². The monoisotopic (exact) mass is 533 g/mol. The number of benzene rings is 2. The smallest absolute Gasteiger partial charge is 0.225 e. The summed E-state index contributed by atoms with van der Waals surface area (Å²) < 4.78 is 43.2. The van der Waals surface area contributed by atoms with E-state index < -0.39 is 23.7 Å². The molecule has 2 aromatic rings. The van der Waals surface area contributed by atoms with Crippen molar-refractivity contribution in [2.24, 2.45) is 5.92 Å². The van der Waals surface area contributed by atoms with Crippen molar-refractivity contribution in [2.75, 3.05) is 25.0 Å². The first-order valence-corrected chi connectivity index (χ1v) is 10.8. The Morgan fingerprint density at radius 2 is 1.97 bits per heavy atom. The van der Waals surface area contributed by atoms with Crippen LogP contribution in [0.5, 0.6) is 0 Å². The molecule has 9 heteroatoms. The number of nitrogens with zero attached hydrogens (tertiary/aromatic N) is 1. The van der Waals surface area contributed by atoms with E-state index in [2.05, 4.69) is 10.6 Å². The van der Waals surface area contributed by atoms with Gasteiger partial charge in [-0.2, -0.15) is 0 Å². The average molecular weight is 533 g/mol. The second-order valence-electron chi connectivity index (χ2n) is 7.24. The summed E-state index contributed by atoms with van der Waals surface area (Å²) >= 11 is 1.94. The van der Waals surface area contributed by atoms with Gasteiger partial charge in [-0.05, 0) is 59.3 Å². The van der Waals surface area contributed by atoms with E-state index in [1.165, 1.54) is 18.2 Å². The second-order valence-corrected chi connectivity index (χ2v) is 8.49. The van der Waals surface area contributed by atoms with Crippen LogP contribution in [0, 0.1) is 26.9 Å². The van der Waals surface area contributed by atoms with Gasteiger partial charge in [-0.25, -0.2) is 13.2 Å². The van der Waals surface area contributed by atoms with Crippen LogP contribution in [0.1, 0.15) is 31.6 Å². The number of halogens is 4. The predicted octanol–water partition coefficient (Wildman–Crippen LogP) is 4.29. The van der Waals surface area contributed by atoms with Gasteiger partial charge in [0, 0.05) is 28.8 Å². The summed E-state index contributed by atoms with van der Waals surface area (Å²) in [6, 6.07) is 6.46. The summed E-state index contributed by atoms with van der Waals surface area (Å²) in [5.41, 5.74) is -0.305.